The summed E-state index contributed by atoms with van der Waals surface area (Å²) < 4.78 is 2.47. The van der Waals surface area contributed by atoms with Crippen LogP contribution in [-0.2, 0) is 12.8 Å². The van der Waals surface area contributed by atoms with Crippen molar-refractivity contribution < 1.29 is 0 Å². The van der Waals surface area contributed by atoms with Crippen LogP contribution in [0.1, 0.15) is 24.6 Å². The molecule has 22 heavy (non-hydrogen) atoms. The molecular formula is C21H21N. The Morgan fingerprint density at radius 1 is 0.909 bits per heavy atom. The molecule has 0 spiro atoms. The molecule has 1 aliphatic rings. The molecule has 0 saturated carbocycles. The van der Waals surface area contributed by atoms with Gasteiger partial charge in [0.2, 0.25) is 0 Å². The molecule has 1 unspecified atom stereocenters. The lowest BCUT2D eigenvalue weighted by atomic mass is 9.89. The highest BCUT2D eigenvalue weighted by Gasteiger charge is 2.23. The van der Waals surface area contributed by atoms with E-state index < -0.39 is 0 Å². The Kier molecular flexibility index (Phi) is 3.34. The van der Waals surface area contributed by atoms with Gasteiger partial charge in [-0.25, -0.2) is 0 Å². The number of hydrogen-bond acceptors (Lipinski definition) is 0. The van der Waals surface area contributed by atoms with E-state index in [4.69, 9.17) is 0 Å². The van der Waals surface area contributed by atoms with Crippen LogP contribution in [0.5, 0.6) is 0 Å². The summed E-state index contributed by atoms with van der Waals surface area (Å²) >= 11 is 0. The van der Waals surface area contributed by atoms with E-state index in [1.165, 1.54) is 47.5 Å². The summed E-state index contributed by atoms with van der Waals surface area (Å²) in [4.78, 5) is 0. The molecule has 3 aromatic rings. The summed E-state index contributed by atoms with van der Waals surface area (Å²) in [6.45, 7) is 2.37. The summed E-state index contributed by atoms with van der Waals surface area (Å²) in [6.07, 6.45) is 3.69. The number of benzene rings is 2. The largest absolute Gasteiger partial charge is 0.313 e. The summed E-state index contributed by atoms with van der Waals surface area (Å²) in [5.41, 5.74) is 6.93. The fourth-order valence-electron chi connectivity index (χ4n) is 3.57. The van der Waals surface area contributed by atoms with E-state index in [1.54, 1.807) is 0 Å². The molecular weight excluding hydrogens is 266 g/mol. The molecule has 1 heteroatoms. The second-order valence-corrected chi connectivity index (χ2v) is 6.39. The van der Waals surface area contributed by atoms with Crippen LogP contribution >= 0.6 is 0 Å². The minimum atomic E-state index is 0.772. The molecule has 0 N–H and O–H groups in total. The molecule has 1 atom stereocenters. The Morgan fingerprint density at radius 2 is 1.59 bits per heavy atom. The zero-order valence-corrected chi connectivity index (χ0v) is 13.0. The van der Waals surface area contributed by atoms with Gasteiger partial charge in [0, 0.05) is 11.4 Å². The van der Waals surface area contributed by atoms with Crippen molar-refractivity contribution in [1.82, 2.24) is 4.57 Å². The average molecular weight is 287 g/mol. The van der Waals surface area contributed by atoms with E-state index in [2.05, 4.69) is 78.2 Å². The Morgan fingerprint density at radius 3 is 2.32 bits per heavy atom. The van der Waals surface area contributed by atoms with Gasteiger partial charge in [-0.3, -0.25) is 0 Å². The van der Waals surface area contributed by atoms with Crippen molar-refractivity contribution in [3.8, 4) is 16.9 Å². The number of aromatic nitrogens is 1. The molecule has 0 fully saturated rings. The minimum absolute atomic E-state index is 0.772. The van der Waals surface area contributed by atoms with E-state index in [0.717, 1.165) is 5.92 Å². The third-order valence-electron chi connectivity index (χ3n) is 4.72. The van der Waals surface area contributed by atoms with Gasteiger partial charge in [-0.05, 0) is 54.5 Å². The average Bonchev–Trinajstić information content (AvgIpc) is 2.95. The predicted molar refractivity (Wildman–Crippen MR) is 92.4 cm³/mol. The van der Waals surface area contributed by atoms with E-state index in [1.807, 2.05) is 0 Å². The monoisotopic (exact) mass is 287 g/mol. The fourth-order valence-corrected chi connectivity index (χ4v) is 3.57. The molecule has 110 valence electrons. The van der Waals surface area contributed by atoms with Gasteiger partial charge in [-0.1, -0.05) is 55.5 Å². The summed E-state index contributed by atoms with van der Waals surface area (Å²) in [6, 6.07) is 23.9. The lowest BCUT2D eigenvalue weighted by Crippen LogP contribution is -2.14. The summed E-state index contributed by atoms with van der Waals surface area (Å²) in [5.74, 6) is 0.772. The van der Waals surface area contributed by atoms with Crippen molar-refractivity contribution >= 4 is 0 Å². The van der Waals surface area contributed by atoms with Gasteiger partial charge in [0.1, 0.15) is 0 Å². The maximum atomic E-state index is 2.47. The molecule has 0 radical (unpaired) electrons. The number of nitrogens with zero attached hydrogens (tertiary/aromatic N) is 1. The van der Waals surface area contributed by atoms with E-state index in [0.29, 0.717) is 0 Å². The third-order valence-corrected chi connectivity index (χ3v) is 4.72. The zero-order chi connectivity index (χ0) is 14.9. The van der Waals surface area contributed by atoms with Crippen LogP contribution in [-0.4, -0.2) is 4.57 Å². The first kappa shape index (κ1) is 13.4. The second-order valence-electron chi connectivity index (χ2n) is 6.39. The highest BCUT2D eigenvalue weighted by atomic mass is 15.0. The second kappa shape index (κ2) is 5.49. The normalized spacial score (nSPS) is 17.2. The Hall–Kier alpha value is -2.28. The maximum Gasteiger partial charge on any atom is 0.0534 e. The lowest BCUT2D eigenvalue weighted by molar-refractivity contribution is 0.490. The maximum absolute atomic E-state index is 2.47. The van der Waals surface area contributed by atoms with Gasteiger partial charge >= 0.3 is 0 Å². The Bertz CT molecular complexity index is 768. The predicted octanol–water partition coefficient (Wildman–Crippen LogP) is 5.27. The first-order valence-electron chi connectivity index (χ1n) is 8.17. The smallest absolute Gasteiger partial charge is 0.0534 e. The van der Waals surface area contributed by atoms with Gasteiger partial charge in [-0.2, -0.15) is 0 Å². The molecule has 1 aromatic heterocycles. The van der Waals surface area contributed by atoms with Crippen molar-refractivity contribution in [2.75, 3.05) is 0 Å². The topological polar surface area (TPSA) is 4.93 Å². The van der Waals surface area contributed by atoms with Crippen molar-refractivity contribution in [2.45, 2.75) is 26.2 Å². The highest BCUT2D eigenvalue weighted by Crippen LogP contribution is 2.35. The number of fused-ring (bicyclic) bond motifs is 1. The van der Waals surface area contributed by atoms with Gasteiger partial charge in [0.05, 0.1) is 5.69 Å². The molecule has 1 nitrogen and oxygen atoms in total. The van der Waals surface area contributed by atoms with E-state index in [9.17, 15) is 0 Å². The summed E-state index contributed by atoms with van der Waals surface area (Å²) in [7, 11) is 0. The van der Waals surface area contributed by atoms with Crippen LogP contribution in [0.4, 0.5) is 0 Å². The lowest BCUT2D eigenvalue weighted by Gasteiger charge is -2.22. The van der Waals surface area contributed by atoms with E-state index >= 15 is 0 Å². The van der Waals surface area contributed by atoms with Crippen LogP contribution < -0.4 is 0 Å². The molecule has 1 aliphatic carbocycles. The molecule has 1 heterocycles. The van der Waals surface area contributed by atoms with Gasteiger partial charge in [-0.15, -0.1) is 0 Å². The first-order chi connectivity index (χ1) is 10.8. The van der Waals surface area contributed by atoms with Crippen molar-refractivity contribution in [2.24, 2.45) is 5.92 Å². The molecule has 0 saturated heterocycles. The van der Waals surface area contributed by atoms with Gasteiger partial charge in [0.25, 0.3) is 0 Å². The molecule has 0 amide bonds. The third kappa shape index (κ3) is 2.27. The number of rotatable bonds is 2. The Balaban J connectivity index is 1.95. The van der Waals surface area contributed by atoms with Crippen molar-refractivity contribution in [1.29, 1.82) is 0 Å². The number of hydrogen-bond donors (Lipinski definition) is 0. The van der Waals surface area contributed by atoms with Crippen LogP contribution in [0.25, 0.3) is 16.9 Å². The number of aryl methyl sites for hydroxylation is 1. The van der Waals surface area contributed by atoms with Crippen LogP contribution in [0.15, 0.2) is 66.7 Å². The zero-order valence-electron chi connectivity index (χ0n) is 13.0. The standard InChI is InChI=1S/C21H21N/c1-16-12-13-18-15-21(17-8-4-2-5-9-17)22(20(18)14-16)19-10-6-3-7-11-19/h2-11,15-16H,12-14H2,1H3. The Labute approximate surface area is 132 Å². The van der Waals surface area contributed by atoms with Crippen LogP contribution in [0.2, 0.25) is 0 Å². The molecule has 4 rings (SSSR count). The first-order valence-corrected chi connectivity index (χ1v) is 8.17. The van der Waals surface area contributed by atoms with E-state index in [-0.39, 0.29) is 0 Å². The SMILES string of the molecule is CC1CCc2cc(-c3ccccc3)n(-c3ccccc3)c2C1. The van der Waals surface area contributed by atoms with Crippen LogP contribution in [0.3, 0.4) is 0 Å². The highest BCUT2D eigenvalue weighted by molar-refractivity contribution is 5.66. The molecule has 0 bridgehead atoms. The van der Waals surface area contributed by atoms with Gasteiger partial charge in [0.15, 0.2) is 0 Å². The van der Waals surface area contributed by atoms with Crippen LogP contribution in [0, 0.1) is 5.92 Å². The summed E-state index contributed by atoms with van der Waals surface area (Å²) in [5, 5.41) is 0. The van der Waals surface area contributed by atoms with Crippen molar-refractivity contribution in [3.05, 3.63) is 78.0 Å². The fraction of sp³-hybridized carbons (Fsp3) is 0.238. The quantitative estimate of drug-likeness (QED) is 0.605. The van der Waals surface area contributed by atoms with Gasteiger partial charge < -0.3 is 4.57 Å². The molecule has 0 aliphatic heterocycles. The molecule has 2 aromatic carbocycles. The number of para-hydroxylation sites is 1. The van der Waals surface area contributed by atoms with Crippen molar-refractivity contribution in [3.63, 3.8) is 0 Å². The minimum Gasteiger partial charge on any atom is -0.313 e.